The standard InChI is InChI=1S/C20H18O5/c1-24-19(22)14(11-13-7-3-2-4-8-13)12-16-18(21)15-9-5-6-10-17(15)25-20(16)23/h2-10,14,21H,11-12H2,1H3. The van der Waals surface area contributed by atoms with E-state index in [0.717, 1.165) is 5.56 Å². The highest BCUT2D eigenvalue weighted by Gasteiger charge is 2.25. The van der Waals surface area contributed by atoms with Gasteiger partial charge >= 0.3 is 11.6 Å². The summed E-state index contributed by atoms with van der Waals surface area (Å²) < 4.78 is 10.1. The van der Waals surface area contributed by atoms with Gasteiger partial charge in [-0.3, -0.25) is 4.79 Å². The molecule has 3 aromatic rings. The van der Waals surface area contributed by atoms with Crippen molar-refractivity contribution in [2.45, 2.75) is 12.8 Å². The van der Waals surface area contributed by atoms with E-state index in [1.165, 1.54) is 7.11 Å². The zero-order valence-corrected chi connectivity index (χ0v) is 13.8. The van der Waals surface area contributed by atoms with Crippen LogP contribution in [0.2, 0.25) is 0 Å². The first-order chi connectivity index (χ1) is 12.1. The second-order valence-corrected chi connectivity index (χ2v) is 5.83. The molecule has 1 heterocycles. The van der Waals surface area contributed by atoms with Gasteiger partial charge in [0.25, 0.3) is 0 Å². The van der Waals surface area contributed by atoms with Crippen molar-refractivity contribution in [2.24, 2.45) is 5.92 Å². The Labute approximate surface area is 144 Å². The van der Waals surface area contributed by atoms with E-state index in [9.17, 15) is 14.7 Å². The summed E-state index contributed by atoms with van der Waals surface area (Å²) in [5, 5.41) is 10.9. The van der Waals surface area contributed by atoms with E-state index in [0.29, 0.717) is 17.4 Å². The van der Waals surface area contributed by atoms with Crippen LogP contribution in [0, 0.1) is 5.92 Å². The summed E-state index contributed by atoms with van der Waals surface area (Å²) in [5.74, 6) is -1.17. The highest BCUT2D eigenvalue weighted by atomic mass is 16.5. The molecule has 0 spiro atoms. The Kier molecular flexibility index (Phi) is 4.84. The fourth-order valence-corrected chi connectivity index (χ4v) is 2.90. The summed E-state index contributed by atoms with van der Waals surface area (Å²) in [6, 6.07) is 16.2. The quantitative estimate of drug-likeness (QED) is 0.571. The third-order valence-electron chi connectivity index (χ3n) is 4.19. The van der Waals surface area contributed by atoms with Crippen LogP contribution in [-0.2, 0) is 22.4 Å². The number of hydrogen-bond acceptors (Lipinski definition) is 5. The molecule has 0 amide bonds. The molecule has 1 atom stereocenters. The van der Waals surface area contributed by atoms with Crippen molar-refractivity contribution in [1.82, 2.24) is 0 Å². The van der Waals surface area contributed by atoms with E-state index in [-0.39, 0.29) is 17.7 Å². The van der Waals surface area contributed by atoms with E-state index in [1.54, 1.807) is 24.3 Å². The van der Waals surface area contributed by atoms with Gasteiger partial charge in [0.15, 0.2) is 0 Å². The van der Waals surface area contributed by atoms with Crippen LogP contribution in [0.15, 0.2) is 63.8 Å². The van der Waals surface area contributed by atoms with Crippen LogP contribution < -0.4 is 5.63 Å². The number of rotatable bonds is 5. The predicted molar refractivity (Wildman–Crippen MR) is 93.5 cm³/mol. The number of methoxy groups -OCH3 is 1. The van der Waals surface area contributed by atoms with Gasteiger partial charge in [-0.25, -0.2) is 4.79 Å². The van der Waals surface area contributed by atoms with Crippen LogP contribution in [-0.4, -0.2) is 18.2 Å². The first-order valence-electron chi connectivity index (χ1n) is 7.95. The Morgan fingerprint density at radius 2 is 1.76 bits per heavy atom. The number of hydrogen-bond donors (Lipinski definition) is 1. The Bertz CT molecular complexity index is 943. The molecular weight excluding hydrogens is 320 g/mol. The van der Waals surface area contributed by atoms with Gasteiger partial charge in [-0.05, 0) is 30.5 Å². The zero-order chi connectivity index (χ0) is 17.8. The Morgan fingerprint density at radius 1 is 1.08 bits per heavy atom. The second-order valence-electron chi connectivity index (χ2n) is 5.83. The van der Waals surface area contributed by atoms with Crippen LogP contribution in [0.25, 0.3) is 11.0 Å². The van der Waals surface area contributed by atoms with E-state index in [4.69, 9.17) is 9.15 Å². The normalized spacial score (nSPS) is 12.0. The largest absolute Gasteiger partial charge is 0.507 e. The molecule has 0 bridgehead atoms. The predicted octanol–water partition coefficient (Wildman–Crippen LogP) is 3.07. The molecule has 3 rings (SSSR count). The molecular formula is C20H18O5. The van der Waals surface area contributed by atoms with Gasteiger partial charge in [0.2, 0.25) is 0 Å². The first-order valence-corrected chi connectivity index (χ1v) is 7.95. The number of fused-ring (bicyclic) bond motifs is 1. The summed E-state index contributed by atoms with van der Waals surface area (Å²) in [6.07, 6.45) is 0.444. The van der Waals surface area contributed by atoms with E-state index in [2.05, 4.69) is 0 Å². The van der Waals surface area contributed by atoms with Gasteiger partial charge in [0.05, 0.1) is 24.0 Å². The van der Waals surface area contributed by atoms with E-state index < -0.39 is 17.5 Å². The van der Waals surface area contributed by atoms with Crippen LogP contribution in [0.1, 0.15) is 11.1 Å². The monoisotopic (exact) mass is 338 g/mol. The number of carbonyl (C=O) groups excluding carboxylic acids is 1. The molecule has 5 heteroatoms. The number of aromatic hydroxyl groups is 1. The molecule has 1 unspecified atom stereocenters. The SMILES string of the molecule is COC(=O)C(Cc1ccccc1)Cc1c(O)c2ccccc2oc1=O. The van der Waals surface area contributed by atoms with Gasteiger partial charge in [-0.15, -0.1) is 0 Å². The van der Waals surface area contributed by atoms with Crippen LogP contribution in [0.3, 0.4) is 0 Å². The maximum Gasteiger partial charge on any atom is 0.343 e. The van der Waals surface area contributed by atoms with Gasteiger partial charge in [0, 0.05) is 0 Å². The molecule has 0 fully saturated rings. The fraction of sp³-hybridized carbons (Fsp3) is 0.200. The van der Waals surface area contributed by atoms with Gasteiger partial charge < -0.3 is 14.3 Å². The minimum absolute atomic E-state index is 0.0422. The Hall–Kier alpha value is -3.08. The number of para-hydroxylation sites is 1. The lowest BCUT2D eigenvalue weighted by Gasteiger charge is -2.15. The second kappa shape index (κ2) is 7.21. The molecule has 0 saturated carbocycles. The first kappa shape index (κ1) is 16.8. The summed E-state index contributed by atoms with van der Waals surface area (Å²) in [7, 11) is 1.31. The lowest BCUT2D eigenvalue weighted by atomic mass is 9.92. The van der Waals surface area contributed by atoms with E-state index in [1.807, 2.05) is 30.3 Å². The van der Waals surface area contributed by atoms with Crippen molar-refractivity contribution in [3.8, 4) is 5.75 Å². The van der Waals surface area contributed by atoms with Crippen molar-refractivity contribution in [1.29, 1.82) is 0 Å². The molecule has 0 aliphatic heterocycles. The van der Waals surface area contributed by atoms with Gasteiger partial charge in [-0.1, -0.05) is 42.5 Å². The van der Waals surface area contributed by atoms with Gasteiger partial charge in [-0.2, -0.15) is 0 Å². The molecule has 0 aliphatic carbocycles. The minimum atomic E-state index is -0.641. The summed E-state index contributed by atoms with van der Waals surface area (Å²) >= 11 is 0. The highest BCUT2D eigenvalue weighted by molar-refractivity contribution is 5.84. The van der Waals surface area contributed by atoms with Crippen LogP contribution in [0.5, 0.6) is 5.75 Å². The molecule has 1 aromatic heterocycles. The van der Waals surface area contributed by atoms with Crippen LogP contribution >= 0.6 is 0 Å². The van der Waals surface area contributed by atoms with E-state index >= 15 is 0 Å². The van der Waals surface area contributed by atoms with Gasteiger partial charge in [0.1, 0.15) is 11.3 Å². The third kappa shape index (κ3) is 3.55. The molecule has 128 valence electrons. The fourth-order valence-electron chi connectivity index (χ4n) is 2.90. The maximum atomic E-state index is 12.3. The van der Waals surface area contributed by atoms with Crippen molar-refractivity contribution < 1.29 is 19.1 Å². The molecule has 0 aliphatic rings. The van der Waals surface area contributed by atoms with Crippen LogP contribution in [0.4, 0.5) is 0 Å². The third-order valence-corrected chi connectivity index (χ3v) is 4.19. The number of benzene rings is 2. The molecule has 25 heavy (non-hydrogen) atoms. The average molecular weight is 338 g/mol. The molecule has 2 aromatic carbocycles. The van der Waals surface area contributed by atoms with Crippen molar-refractivity contribution in [3.05, 3.63) is 76.1 Å². The zero-order valence-electron chi connectivity index (χ0n) is 13.8. The molecule has 1 N–H and O–H groups in total. The number of esters is 1. The molecule has 5 nitrogen and oxygen atoms in total. The lowest BCUT2D eigenvalue weighted by molar-refractivity contribution is -0.145. The van der Waals surface area contributed by atoms with Crippen molar-refractivity contribution in [3.63, 3.8) is 0 Å². The van der Waals surface area contributed by atoms with Crippen molar-refractivity contribution in [2.75, 3.05) is 7.11 Å². The Balaban J connectivity index is 1.98. The maximum absolute atomic E-state index is 12.3. The summed E-state index contributed by atoms with van der Waals surface area (Å²) in [5.41, 5.74) is 0.706. The highest BCUT2D eigenvalue weighted by Crippen LogP contribution is 2.28. The Morgan fingerprint density at radius 3 is 2.48 bits per heavy atom. The average Bonchev–Trinajstić information content (AvgIpc) is 2.64. The topological polar surface area (TPSA) is 76.7 Å². The number of ether oxygens (including phenoxy) is 1. The smallest absolute Gasteiger partial charge is 0.343 e. The van der Waals surface area contributed by atoms with Crippen molar-refractivity contribution >= 4 is 16.9 Å². The molecule has 0 saturated heterocycles. The number of carbonyl (C=O) groups is 1. The summed E-state index contributed by atoms with van der Waals surface area (Å²) in [4.78, 5) is 24.4. The summed E-state index contributed by atoms with van der Waals surface area (Å²) in [6.45, 7) is 0. The lowest BCUT2D eigenvalue weighted by Crippen LogP contribution is -2.24. The minimum Gasteiger partial charge on any atom is -0.507 e. The molecule has 0 radical (unpaired) electrons.